The van der Waals surface area contributed by atoms with Gasteiger partial charge in [-0.1, -0.05) is 6.92 Å². The van der Waals surface area contributed by atoms with Crippen LogP contribution in [0.2, 0.25) is 0 Å². The van der Waals surface area contributed by atoms with Gasteiger partial charge in [-0.2, -0.15) is 5.10 Å². The number of aromatic nitrogens is 2. The average Bonchev–Trinajstić information content (AvgIpc) is 2.85. The molecular weight excluding hydrogens is 214 g/mol. The van der Waals surface area contributed by atoms with Gasteiger partial charge in [-0.3, -0.25) is 4.68 Å². The molecule has 1 saturated heterocycles. The van der Waals surface area contributed by atoms with Crippen molar-refractivity contribution in [3.8, 4) is 0 Å². The minimum Gasteiger partial charge on any atom is -0.381 e. The lowest BCUT2D eigenvalue weighted by Gasteiger charge is -2.30. The van der Waals surface area contributed by atoms with E-state index in [0.29, 0.717) is 12.0 Å². The number of ether oxygens (including phenoxy) is 1. The zero-order valence-electron chi connectivity index (χ0n) is 10.9. The summed E-state index contributed by atoms with van der Waals surface area (Å²) in [5.41, 5.74) is 1.32. The van der Waals surface area contributed by atoms with Gasteiger partial charge in [0.15, 0.2) is 0 Å². The molecule has 0 spiro atoms. The molecule has 1 unspecified atom stereocenters. The van der Waals surface area contributed by atoms with Gasteiger partial charge in [-0.15, -0.1) is 0 Å². The number of hydrogen-bond acceptors (Lipinski definition) is 3. The van der Waals surface area contributed by atoms with Crippen LogP contribution in [0.3, 0.4) is 0 Å². The molecule has 1 aromatic heterocycles. The highest BCUT2D eigenvalue weighted by Gasteiger charge is 2.25. The van der Waals surface area contributed by atoms with Gasteiger partial charge < -0.3 is 10.1 Å². The Morgan fingerprint density at radius 1 is 1.47 bits per heavy atom. The molecule has 0 saturated carbocycles. The largest absolute Gasteiger partial charge is 0.381 e. The fourth-order valence-corrected chi connectivity index (χ4v) is 2.54. The van der Waals surface area contributed by atoms with Crippen molar-refractivity contribution in [1.82, 2.24) is 15.1 Å². The molecule has 2 heterocycles. The first-order valence-electron chi connectivity index (χ1n) is 6.68. The first-order chi connectivity index (χ1) is 8.35. The molecule has 2 rings (SSSR count). The Hall–Kier alpha value is -0.870. The summed E-state index contributed by atoms with van der Waals surface area (Å²) < 4.78 is 7.44. The lowest BCUT2D eigenvalue weighted by atomic mass is 9.88. The minimum atomic E-state index is 0.434. The summed E-state index contributed by atoms with van der Waals surface area (Å²) in [6, 6.07) is 0.434. The SMILES string of the molecule is CCNC(c1cnn(CC)c1)C1CCOCC1. The van der Waals surface area contributed by atoms with Crippen LogP contribution in [0.4, 0.5) is 0 Å². The molecule has 0 radical (unpaired) electrons. The van der Waals surface area contributed by atoms with Gasteiger partial charge in [0.05, 0.1) is 6.20 Å². The van der Waals surface area contributed by atoms with Crippen molar-refractivity contribution in [3.05, 3.63) is 18.0 Å². The summed E-state index contributed by atoms with van der Waals surface area (Å²) in [7, 11) is 0. The first kappa shape index (κ1) is 12.6. The van der Waals surface area contributed by atoms with E-state index in [9.17, 15) is 0 Å². The number of nitrogens with zero attached hydrogens (tertiary/aromatic N) is 2. The summed E-state index contributed by atoms with van der Waals surface area (Å²) in [5, 5.41) is 7.98. The molecule has 0 aliphatic carbocycles. The van der Waals surface area contributed by atoms with Crippen LogP contribution in [0.1, 0.15) is 38.3 Å². The van der Waals surface area contributed by atoms with Crippen molar-refractivity contribution in [2.45, 2.75) is 39.3 Å². The molecule has 4 heteroatoms. The molecule has 0 amide bonds. The average molecular weight is 237 g/mol. The molecular formula is C13H23N3O. The van der Waals surface area contributed by atoms with Crippen molar-refractivity contribution < 1.29 is 4.74 Å². The van der Waals surface area contributed by atoms with Gasteiger partial charge >= 0.3 is 0 Å². The summed E-state index contributed by atoms with van der Waals surface area (Å²) in [6.45, 7) is 8.01. The Balaban J connectivity index is 2.09. The van der Waals surface area contributed by atoms with Crippen molar-refractivity contribution in [3.63, 3.8) is 0 Å². The lowest BCUT2D eigenvalue weighted by molar-refractivity contribution is 0.0538. The number of rotatable bonds is 5. The Kier molecular flexibility index (Phi) is 4.57. The van der Waals surface area contributed by atoms with E-state index >= 15 is 0 Å². The molecule has 1 N–H and O–H groups in total. The van der Waals surface area contributed by atoms with Crippen molar-refractivity contribution >= 4 is 0 Å². The summed E-state index contributed by atoms with van der Waals surface area (Å²) in [4.78, 5) is 0. The van der Waals surface area contributed by atoms with E-state index in [4.69, 9.17) is 4.74 Å². The highest BCUT2D eigenvalue weighted by atomic mass is 16.5. The topological polar surface area (TPSA) is 39.1 Å². The molecule has 1 aromatic rings. The molecule has 1 atom stereocenters. The molecule has 1 aliphatic heterocycles. The zero-order valence-corrected chi connectivity index (χ0v) is 10.9. The maximum atomic E-state index is 5.44. The fraction of sp³-hybridized carbons (Fsp3) is 0.769. The standard InChI is InChI=1S/C13H23N3O/c1-3-14-13(11-5-7-17-8-6-11)12-9-15-16(4-2)10-12/h9-11,13-14H,3-8H2,1-2H3. The van der Waals surface area contributed by atoms with Crippen LogP contribution in [-0.4, -0.2) is 29.5 Å². The van der Waals surface area contributed by atoms with E-state index in [1.807, 2.05) is 10.9 Å². The van der Waals surface area contributed by atoms with E-state index in [2.05, 4.69) is 30.5 Å². The van der Waals surface area contributed by atoms with Crippen molar-refractivity contribution in [2.75, 3.05) is 19.8 Å². The predicted molar refractivity (Wildman–Crippen MR) is 67.9 cm³/mol. The van der Waals surface area contributed by atoms with Crippen LogP contribution in [0.25, 0.3) is 0 Å². The maximum absolute atomic E-state index is 5.44. The van der Waals surface area contributed by atoms with E-state index in [0.717, 1.165) is 39.1 Å². The zero-order chi connectivity index (χ0) is 12.1. The summed E-state index contributed by atoms with van der Waals surface area (Å²) in [5.74, 6) is 0.679. The molecule has 4 nitrogen and oxygen atoms in total. The van der Waals surface area contributed by atoms with Crippen LogP contribution in [0.15, 0.2) is 12.4 Å². The first-order valence-corrected chi connectivity index (χ1v) is 6.68. The van der Waals surface area contributed by atoms with Crippen LogP contribution >= 0.6 is 0 Å². The summed E-state index contributed by atoms with van der Waals surface area (Å²) in [6.07, 6.45) is 6.47. The van der Waals surface area contributed by atoms with Gasteiger partial charge in [-0.05, 0) is 32.2 Å². The molecule has 0 aromatic carbocycles. The molecule has 17 heavy (non-hydrogen) atoms. The summed E-state index contributed by atoms with van der Waals surface area (Å²) >= 11 is 0. The van der Waals surface area contributed by atoms with Gasteiger partial charge in [0.1, 0.15) is 0 Å². The molecule has 0 bridgehead atoms. The van der Waals surface area contributed by atoms with Gasteiger partial charge in [-0.25, -0.2) is 0 Å². The minimum absolute atomic E-state index is 0.434. The predicted octanol–water partition coefficient (Wildman–Crippen LogP) is 1.98. The second kappa shape index (κ2) is 6.17. The third kappa shape index (κ3) is 3.07. The monoisotopic (exact) mass is 237 g/mol. The smallest absolute Gasteiger partial charge is 0.0537 e. The Morgan fingerprint density at radius 3 is 2.82 bits per heavy atom. The van der Waals surface area contributed by atoms with Gasteiger partial charge in [0, 0.05) is 37.6 Å². The van der Waals surface area contributed by atoms with Crippen molar-refractivity contribution in [2.24, 2.45) is 5.92 Å². The Morgan fingerprint density at radius 2 is 2.24 bits per heavy atom. The van der Waals surface area contributed by atoms with E-state index in [1.54, 1.807) is 0 Å². The third-order valence-electron chi connectivity index (χ3n) is 3.50. The van der Waals surface area contributed by atoms with E-state index in [1.165, 1.54) is 5.56 Å². The van der Waals surface area contributed by atoms with Gasteiger partial charge in [0.2, 0.25) is 0 Å². The van der Waals surface area contributed by atoms with Crippen molar-refractivity contribution in [1.29, 1.82) is 0 Å². The number of nitrogens with one attached hydrogen (secondary N) is 1. The maximum Gasteiger partial charge on any atom is 0.0537 e. The van der Waals surface area contributed by atoms with Crippen LogP contribution in [0.5, 0.6) is 0 Å². The molecule has 1 fully saturated rings. The normalized spacial score (nSPS) is 19.4. The third-order valence-corrected chi connectivity index (χ3v) is 3.50. The van der Waals surface area contributed by atoms with Crippen LogP contribution in [-0.2, 0) is 11.3 Å². The lowest BCUT2D eigenvalue weighted by Crippen LogP contribution is -2.31. The van der Waals surface area contributed by atoms with E-state index in [-0.39, 0.29) is 0 Å². The Labute approximate surface area is 103 Å². The van der Waals surface area contributed by atoms with Gasteiger partial charge in [0.25, 0.3) is 0 Å². The van der Waals surface area contributed by atoms with E-state index < -0.39 is 0 Å². The second-order valence-electron chi connectivity index (χ2n) is 4.61. The fourth-order valence-electron chi connectivity index (χ4n) is 2.54. The highest BCUT2D eigenvalue weighted by molar-refractivity contribution is 5.12. The quantitative estimate of drug-likeness (QED) is 0.851. The second-order valence-corrected chi connectivity index (χ2v) is 4.61. The van der Waals surface area contributed by atoms with Crippen LogP contribution in [0, 0.1) is 5.92 Å². The van der Waals surface area contributed by atoms with Crippen LogP contribution < -0.4 is 5.32 Å². The number of aryl methyl sites for hydroxylation is 1. The number of hydrogen-bond donors (Lipinski definition) is 1. The highest BCUT2D eigenvalue weighted by Crippen LogP contribution is 2.29. The Bertz CT molecular complexity index is 331. The molecule has 96 valence electrons. The molecule has 1 aliphatic rings.